The average Bonchev–Trinajstić information content (AvgIpc) is 2.92. The van der Waals surface area contributed by atoms with Crippen LogP contribution >= 0.6 is 0 Å². The summed E-state index contributed by atoms with van der Waals surface area (Å²) >= 11 is 0. The minimum absolute atomic E-state index is 0.195. The fourth-order valence-electron chi connectivity index (χ4n) is 2.52. The SMILES string of the molecule is CC(C)(C)NC1=C2C=CC=[N+]2[B-](F)(F)n2cccc21. The average molecular weight is 263 g/mol. The van der Waals surface area contributed by atoms with Gasteiger partial charge in [-0.1, -0.05) is 0 Å². The number of hydrogen-bond donors (Lipinski definition) is 1. The first-order valence-electron chi connectivity index (χ1n) is 6.33. The topological polar surface area (TPSA) is 20.0 Å². The second-order valence-electron chi connectivity index (χ2n) is 5.94. The van der Waals surface area contributed by atoms with Crippen molar-refractivity contribution in [1.29, 1.82) is 0 Å². The second-order valence-corrected chi connectivity index (χ2v) is 5.94. The van der Waals surface area contributed by atoms with Gasteiger partial charge >= 0.3 is 6.97 Å². The molecule has 0 spiro atoms. The van der Waals surface area contributed by atoms with Crippen LogP contribution in [0.2, 0.25) is 0 Å². The molecule has 3 rings (SSSR count). The van der Waals surface area contributed by atoms with E-state index >= 15 is 0 Å². The molecule has 19 heavy (non-hydrogen) atoms. The van der Waals surface area contributed by atoms with Gasteiger partial charge in [-0.05, 0) is 39.1 Å². The number of rotatable bonds is 1. The van der Waals surface area contributed by atoms with Crippen LogP contribution in [0.5, 0.6) is 0 Å². The number of hydrogen-bond acceptors (Lipinski definition) is 1. The lowest BCUT2D eigenvalue weighted by atomic mass is 9.90. The Morgan fingerprint density at radius 1 is 1.32 bits per heavy atom. The summed E-state index contributed by atoms with van der Waals surface area (Å²) in [5.74, 6) is 0. The summed E-state index contributed by atoms with van der Waals surface area (Å²) in [6.45, 7) is 2.25. The summed E-state index contributed by atoms with van der Waals surface area (Å²) in [5, 5.41) is 3.33. The summed E-state index contributed by atoms with van der Waals surface area (Å²) in [6.07, 6.45) is 6.24. The first kappa shape index (κ1) is 12.2. The Morgan fingerprint density at radius 2 is 2.05 bits per heavy atom. The molecule has 0 saturated heterocycles. The standard InChI is InChI=1S/C13H16BF2N3/c1-13(2,3)17-12-10-6-4-8-18(10)14(15,16)19-9-5-7-11(12)19/h4-9,17H,1-3H3. The Hall–Kier alpha value is -1.85. The molecule has 3 nitrogen and oxygen atoms in total. The lowest BCUT2D eigenvalue weighted by Gasteiger charge is -2.34. The zero-order chi connectivity index (χ0) is 13.8. The molecule has 0 radical (unpaired) electrons. The van der Waals surface area contributed by atoms with Crippen LogP contribution in [0.3, 0.4) is 0 Å². The predicted octanol–water partition coefficient (Wildman–Crippen LogP) is 2.43. The fraction of sp³-hybridized carbons (Fsp3) is 0.308. The summed E-state index contributed by atoms with van der Waals surface area (Å²) in [6, 6.07) is 3.38. The van der Waals surface area contributed by atoms with E-state index in [1.807, 2.05) is 20.8 Å². The molecule has 0 atom stereocenters. The Kier molecular flexibility index (Phi) is 2.30. The van der Waals surface area contributed by atoms with Gasteiger partial charge < -0.3 is 22.9 Å². The minimum Gasteiger partial charge on any atom is -0.395 e. The van der Waals surface area contributed by atoms with Gasteiger partial charge in [-0.2, -0.15) is 0 Å². The highest BCUT2D eigenvalue weighted by Crippen LogP contribution is 2.34. The molecule has 3 heterocycles. The minimum atomic E-state index is -3.79. The van der Waals surface area contributed by atoms with E-state index in [1.54, 1.807) is 24.3 Å². The first-order valence-corrected chi connectivity index (χ1v) is 6.33. The molecule has 0 saturated carbocycles. The zero-order valence-electron chi connectivity index (χ0n) is 11.2. The van der Waals surface area contributed by atoms with E-state index < -0.39 is 6.97 Å². The lowest BCUT2D eigenvalue weighted by molar-refractivity contribution is -0.356. The molecule has 1 N–H and O–H groups in total. The van der Waals surface area contributed by atoms with Gasteiger partial charge in [0.25, 0.3) is 0 Å². The van der Waals surface area contributed by atoms with Crippen molar-refractivity contribution in [1.82, 2.24) is 9.79 Å². The number of nitrogens with zero attached hydrogens (tertiary/aromatic N) is 2. The number of allylic oxidation sites excluding steroid dienone is 2. The van der Waals surface area contributed by atoms with E-state index in [-0.39, 0.29) is 5.54 Å². The molecular weight excluding hydrogens is 247 g/mol. The normalized spacial score (nSPS) is 20.2. The highest BCUT2D eigenvalue weighted by molar-refractivity contribution is 6.57. The highest BCUT2D eigenvalue weighted by Gasteiger charge is 2.51. The van der Waals surface area contributed by atoms with Crippen LogP contribution in [0, 0.1) is 0 Å². The van der Waals surface area contributed by atoms with Crippen molar-refractivity contribution >= 4 is 18.9 Å². The highest BCUT2D eigenvalue weighted by atomic mass is 19.2. The van der Waals surface area contributed by atoms with Crippen molar-refractivity contribution in [3.05, 3.63) is 41.9 Å². The van der Waals surface area contributed by atoms with Crippen molar-refractivity contribution in [2.45, 2.75) is 26.3 Å². The molecule has 0 aromatic carbocycles. The molecule has 1 aromatic heterocycles. The largest absolute Gasteiger partial charge is 0.737 e. The van der Waals surface area contributed by atoms with Crippen molar-refractivity contribution in [2.75, 3.05) is 0 Å². The number of fused-ring (bicyclic) bond motifs is 2. The monoisotopic (exact) mass is 263 g/mol. The summed E-state index contributed by atoms with van der Waals surface area (Å²) in [7, 11) is 0. The molecule has 0 aliphatic carbocycles. The molecule has 6 heteroatoms. The van der Waals surface area contributed by atoms with Gasteiger partial charge in [-0.25, -0.2) is 0 Å². The Labute approximate surface area is 111 Å². The molecule has 0 fully saturated rings. The van der Waals surface area contributed by atoms with Crippen LogP contribution in [-0.4, -0.2) is 27.7 Å². The maximum absolute atomic E-state index is 14.4. The molecule has 2 aliphatic heterocycles. The number of halogens is 2. The zero-order valence-corrected chi connectivity index (χ0v) is 11.2. The molecule has 0 unspecified atom stereocenters. The van der Waals surface area contributed by atoms with Gasteiger partial charge in [-0.15, -0.1) is 0 Å². The Balaban J connectivity index is 2.22. The van der Waals surface area contributed by atoms with Gasteiger partial charge in [0.15, 0.2) is 5.70 Å². The van der Waals surface area contributed by atoms with E-state index in [4.69, 9.17) is 0 Å². The van der Waals surface area contributed by atoms with Gasteiger partial charge in [0.2, 0.25) is 0 Å². The van der Waals surface area contributed by atoms with Crippen molar-refractivity contribution in [2.24, 2.45) is 0 Å². The second kappa shape index (κ2) is 3.59. The van der Waals surface area contributed by atoms with Crippen LogP contribution in [-0.2, 0) is 0 Å². The van der Waals surface area contributed by atoms with E-state index in [1.165, 1.54) is 12.4 Å². The van der Waals surface area contributed by atoms with Crippen LogP contribution < -0.4 is 5.32 Å². The third kappa shape index (κ3) is 1.74. The van der Waals surface area contributed by atoms with E-state index in [9.17, 15) is 8.63 Å². The summed E-state index contributed by atoms with van der Waals surface area (Å²) in [4.78, 5) is 0. The number of nitrogens with one attached hydrogen (secondary N) is 1. The summed E-state index contributed by atoms with van der Waals surface area (Å²) < 4.78 is 30.9. The van der Waals surface area contributed by atoms with Crippen LogP contribution in [0.1, 0.15) is 26.5 Å². The fourth-order valence-corrected chi connectivity index (χ4v) is 2.52. The first-order chi connectivity index (χ1) is 8.81. The number of aromatic nitrogens is 1. The lowest BCUT2D eigenvalue weighted by Crippen LogP contribution is -2.51. The maximum Gasteiger partial charge on any atom is 0.737 e. The van der Waals surface area contributed by atoms with Crippen molar-refractivity contribution in [3.8, 4) is 0 Å². The van der Waals surface area contributed by atoms with Crippen molar-refractivity contribution in [3.63, 3.8) is 0 Å². The summed E-state index contributed by atoms with van der Waals surface area (Å²) in [5.41, 5.74) is 1.62. The van der Waals surface area contributed by atoms with Gasteiger partial charge in [-0.3, -0.25) is 0 Å². The van der Waals surface area contributed by atoms with E-state index in [0.29, 0.717) is 11.4 Å². The van der Waals surface area contributed by atoms with Crippen LogP contribution in [0.25, 0.3) is 5.70 Å². The van der Waals surface area contributed by atoms with Gasteiger partial charge in [0.05, 0.1) is 0 Å². The molecule has 0 amide bonds. The van der Waals surface area contributed by atoms with Crippen LogP contribution in [0.4, 0.5) is 8.63 Å². The Morgan fingerprint density at radius 3 is 2.74 bits per heavy atom. The maximum atomic E-state index is 14.4. The molecule has 100 valence electrons. The Bertz CT molecular complexity index is 633. The molecule has 2 aliphatic rings. The molecular formula is C13H16BF2N3. The third-order valence-corrected chi connectivity index (χ3v) is 3.24. The quantitative estimate of drug-likeness (QED) is 0.771. The van der Waals surface area contributed by atoms with E-state index in [2.05, 4.69) is 5.32 Å². The third-order valence-electron chi connectivity index (χ3n) is 3.24. The smallest absolute Gasteiger partial charge is 0.395 e. The van der Waals surface area contributed by atoms with Crippen molar-refractivity contribution < 1.29 is 13.1 Å². The molecule has 1 aromatic rings. The van der Waals surface area contributed by atoms with Gasteiger partial charge in [0, 0.05) is 23.4 Å². The van der Waals surface area contributed by atoms with E-state index in [0.717, 1.165) is 14.7 Å². The molecule has 0 bridgehead atoms. The van der Waals surface area contributed by atoms with Gasteiger partial charge in [0.1, 0.15) is 11.9 Å². The predicted molar refractivity (Wildman–Crippen MR) is 73.1 cm³/mol. The van der Waals surface area contributed by atoms with Crippen LogP contribution in [0.15, 0.2) is 36.2 Å².